The van der Waals surface area contributed by atoms with Gasteiger partial charge in [-0.15, -0.1) is 24.0 Å². The van der Waals surface area contributed by atoms with Crippen LogP contribution >= 0.6 is 24.0 Å². The zero-order chi connectivity index (χ0) is 11.3. The van der Waals surface area contributed by atoms with Gasteiger partial charge in [0.2, 0.25) is 0 Å². The third-order valence-electron chi connectivity index (χ3n) is 3.37. The highest BCUT2D eigenvalue weighted by atomic mass is 35.5. The van der Waals surface area contributed by atoms with E-state index >= 15 is 0 Å². The van der Waals surface area contributed by atoms with Crippen LogP contribution in [0.2, 0.25) is 0 Å². The molecule has 96 valence electrons. The molecule has 0 bridgehead atoms. The highest BCUT2D eigenvalue weighted by Gasteiger charge is 2.42. The van der Waals surface area contributed by atoms with Crippen LogP contribution in [0.5, 0.6) is 0 Å². The molecular weight excluding hydrogens is 247 g/mol. The molecule has 0 aliphatic heterocycles. The lowest BCUT2D eigenvalue weighted by molar-refractivity contribution is -0.125. The number of carbonyl (C=O) groups is 1. The normalized spacial score (nSPS) is 20.7. The average Bonchev–Trinajstić information content (AvgIpc) is 2.29. The van der Waals surface area contributed by atoms with Gasteiger partial charge in [-0.3, -0.25) is 10.2 Å². The highest BCUT2D eigenvalue weighted by molar-refractivity contribution is 6.35. The molecule has 1 fully saturated rings. The monoisotopic (exact) mass is 268 g/mol. The minimum Gasteiger partial charge on any atom is -0.293 e. The summed E-state index contributed by atoms with van der Waals surface area (Å²) in [5.41, 5.74) is 2.22. The molecule has 0 radical (unpaired) electrons. The summed E-state index contributed by atoms with van der Waals surface area (Å²) in [5, 5.41) is 0. The van der Waals surface area contributed by atoms with Gasteiger partial charge >= 0.3 is 0 Å². The van der Waals surface area contributed by atoms with Crippen LogP contribution in [-0.2, 0) is 4.79 Å². The molecule has 3 nitrogen and oxygen atoms in total. The van der Waals surface area contributed by atoms with Gasteiger partial charge < -0.3 is 0 Å². The maximum absolute atomic E-state index is 11.8. The summed E-state index contributed by atoms with van der Waals surface area (Å²) < 4.78 is 0. The van der Waals surface area contributed by atoms with Crippen molar-refractivity contribution in [2.45, 2.75) is 56.7 Å². The average molecular weight is 269 g/mol. The summed E-state index contributed by atoms with van der Waals surface area (Å²) in [7, 11) is 0. The summed E-state index contributed by atoms with van der Waals surface area (Å²) in [4.78, 5) is 11.0. The predicted molar refractivity (Wildman–Crippen MR) is 69.6 cm³/mol. The van der Waals surface area contributed by atoms with E-state index < -0.39 is 4.87 Å². The van der Waals surface area contributed by atoms with Crippen LogP contribution in [0.25, 0.3) is 0 Å². The number of halogens is 2. The molecule has 0 heterocycles. The SMILES string of the molecule is CCCC(Cl)(C(=O)NN)C1CCCCC1.Cl. The van der Waals surface area contributed by atoms with Crippen molar-refractivity contribution in [3.8, 4) is 0 Å². The number of nitrogens with one attached hydrogen (secondary N) is 1. The number of nitrogens with two attached hydrogens (primary N) is 1. The van der Waals surface area contributed by atoms with Crippen LogP contribution in [-0.4, -0.2) is 10.8 Å². The first-order valence-corrected chi connectivity index (χ1v) is 6.23. The van der Waals surface area contributed by atoms with Gasteiger partial charge in [-0.05, 0) is 25.2 Å². The molecule has 1 saturated carbocycles. The van der Waals surface area contributed by atoms with Gasteiger partial charge in [-0.25, -0.2) is 5.84 Å². The molecule has 1 aliphatic carbocycles. The van der Waals surface area contributed by atoms with Crippen molar-refractivity contribution in [2.75, 3.05) is 0 Å². The van der Waals surface area contributed by atoms with Gasteiger partial charge in [0.05, 0.1) is 0 Å². The van der Waals surface area contributed by atoms with E-state index in [9.17, 15) is 4.79 Å². The molecule has 1 aliphatic rings. The maximum Gasteiger partial charge on any atom is 0.255 e. The van der Waals surface area contributed by atoms with Gasteiger partial charge in [-0.2, -0.15) is 0 Å². The van der Waals surface area contributed by atoms with Crippen LogP contribution in [0.1, 0.15) is 51.9 Å². The van der Waals surface area contributed by atoms with Crippen LogP contribution in [0.15, 0.2) is 0 Å². The maximum atomic E-state index is 11.8. The standard InChI is InChI=1S/C11H21ClN2O.ClH/c1-2-8-11(12,10(15)14-13)9-6-4-3-5-7-9;/h9H,2-8,13H2,1H3,(H,14,15);1H. The first-order chi connectivity index (χ1) is 7.15. The first kappa shape index (κ1) is 16.0. The van der Waals surface area contributed by atoms with Crippen molar-refractivity contribution in [3.63, 3.8) is 0 Å². The second-order valence-electron chi connectivity index (χ2n) is 4.42. The van der Waals surface area contributed by atoms with Gasteiger partial charge in [0, 0.05) is 0 Å². The van der Waals surface area contributed by atoms with Crippen LogP contribution in [0.3, 0.4) is 0 Å². The molecule has 1 amide bonds. The smallest absolute Gasteiger partial charge is 0.255 e. The van der Waals surface area contributed by atoms with Crippen molar-refractivity contribution < 1.29 is 4.79 Å². The Morgan fingerprint density at radius 2 is 2.00 bits per heavy atom. The summed E-state index contributed by atoms with van der Waals surface area (Å²) >= 11 is 6.48. The summed E-state index contributed by atoms with van der Waals surface area (Å²) in [5.74, 6) is 5.29. The molecule has 0 aromatic carbocycles. The van der Waals surface area contributed by atoms with Gasteiger partial charge in [0.15, 0.2) is 0 Å². The van der Waals surface area contributed by atoms with Crippen molar-refractivity contribution in [1.29, 1.82) is 0 Å². The Labute approximate surface area is 109 Å². The van der Waals surface area contributed by atoms with E-state index in [1.165, 1.54) is 19.3 Å². The Kier molecular flexibility index (Phi) is 7.36. The van der Waals surface area contributed by atoms with Crippen molar-refractivity contribution in [1.82, 2.24) is 5.43 Å². The molecule has 1 unspecified atom stereocenters. The fraction of sp³-hybridized carbons (Fsp3) is 0.909. The molecule has 16 heavy (non-hydrogen) atoms. The Morgan fingerprint density at radius 1 is 1.44 bits per heavy atom. The number of hydrogen-bond acceptors (Lipinski definition) is 2. The number of hydrazine groups is 1. The van der Waals surface area contributed by atoms with E-state index in [1.54, 1.807) is 0 Å². The third kappa shape index (κ3) is 3.51. The van der Waals surface area contributed by atoms with Crippen molar-refractivity contribution >= 4 is 29.9 Å². The molecule has 0 spiro atoms. The summed E-state index contributed by atoms with van der Waals surface area (Å²) in [6.07, 6.45) is 7.35. The molecule has 5 heteroatoms. The minimum atomic E-state index is -0.774. The minimum absolute atomic E-state index is 0. The number of alkyl halides is 1. The van der Waals surface area contributed by atoms with E-state index in [4.69, 9.17) is 17.4 Å². The third-order valence-corrected chi connectivity index (χ3v) is 4.04. The predicted octanol–water partition coefficient (Wildman–Crippen LogP) is 2.76. The second-order valence-corrected chi connectivity index (χ2v) is 5.10. The largest absolute Gasteiger partial charge is 0.293 e. The molecule has 0 aromatic rings. The van der Waals surface area contributed by atoms with E-state index in [1.807, 2.05) is 6.92 Å². The molecule has 1 rings (SSSR count). The molecular formula is C11H22Cl2N2O. The molecule has 3 N–H and O–H groups in total. The number of rotatable bonds is 4. The Bertz CT molecular complexity index is 220. The van der Waals surface area contributed by atoms with Gasteiger partial charge in [0.25, 0.3) is 5.91 Å². The van der Waals surface area contributed by atoms with E-state index in [-0.39, 0.29) is 24.2 Å². The number of carbonyl (C=O) groups excluding carboxylic acids is 1. The number of hydrogen-bond donors (Lipinski definition) is 2. The quantitative estimate of drug-likeness (QED) is 0.357. The van der Waals surface area contributed by atoms with Crippen LogP contribution < -0.4 is 11.3 Å². The topological polar surface area (TPSA) is 55.1 Å². The van der Waals surface area contributed by atoms with Gasteiger partial charge in [-0.1, -0.05) is 32.6 Å². The Balaban J connectivity index is 0.00000225. The van der Waals surface area contributed by atoms with E-state index in [0.717, 1.165) is 19.3 Å². The van der Waals surface area contributed by atoms with E-state index in [2.05, 4.69) is 5.43 Å². The molecule has 0 saturated heterocycles. The van der Waals surface area contributed by atoms with Crippen LogP contribution in [0, 0.1) is 5.92 Å². The summed E-state index contributed by atoms with van der Waals surface area (Å²) in [6, 6.07) is 0. The lowest BCUT2D eigenvalue weighted by Crippen LogP contribution is -2.50. The highest BCUT2D eigenvalue weighted by Crippen LogP contribution is 2.40. The first-order valence-electron chi connectivity index (χ1n) is 5.85. The second kappa shape index (κ2) is 7.36. The number of amides is 1. The lowest BCUT2D eigenvalue weighted by Gasteiger charge is -2.35. The Hall–Kier alpha value is 0.01000. The molecule has 0 aromatic heterocycles. The van der Waals surface area contributed by atoms with Gasteiger partial charge in [0.1, 0.15) is 4.87 Å². The van der Waals surface area contributed by atoms with Crippen molar-refractivity contribution in [2.24, 2.45) is 11.8 Å². The van der Waals surface area contributed by atoms with E-state index in [0.29, 0.717) is 6.42 Å². The molecule has 1 atom stereocenters. The van der Waals surface area contributed by atoms with Crippen molar-refractivity contribution in [3.05, 3.63) is 0 Å². The zero-order valence-corrected chi connectivity index (χ0v) is 11.4. The lowest BCUT2D eigenvalue weighted by atomic mass is 9.77. The zero-order valence-electron chi connectivity index (χ0n) is 9.80. The summed E-state index contributed by atoms with van der Waals surface area (Å²) in [6.45, 7) is 2.05. The Morgan fingerprint density at radius 3 is 2.44 bits per heavy atom. The fourth-order valence-electron chi connectivity index (χ4n) is 2.55. The fourth-order valence-corrected chi connectivity index (χ4v) is 3.01. The van der Waals surface area contributed by atoms with Crippen LogP contribution in [0.4, 0.5) is 0 Å².